The summed E-state index contributed by atoms with van der Waals surface area (Å²) in [5.41, 5.74) is 6.13. The normalized spacial score (nSPS) is 11.8. The summed E-state index contributed by atoms with van der Waals surface area (Å²) in [7, 11) is 1.77. The van der Waals surface area contributed by atoms with E-state index >= 15 is 0 Å². The zero-order valence-electron chi connectivity index (χ0n) is 21.6. The zero-order chi connectivity index (χ0) is 28.4. The molecule has 2 amide bonds. The van der Waals surface area contributed by atoms with Gasteiger partial charge in [0.25, 0.3) is 0 Å². The lowest BCUT2D eigenvalue weighted by atomic mass is 10.0. The minimum Gasteiger partial charge on any atom is -0.406 e. The first kappa shape index (κ1) is 27.0. The predicted molar refractivity (Wildman–Crippen MR) is 151 cm³/mol. The molecule has 0 saturated carbocycles. The van der Waals surface area contributed by atoms with Crippen LogP contribution in [0.3, 0.4) is 0 Å². The number of para-hydroxylation sites is 1. The molecule has 40 heavy (non-hydrogen) atoms. The number of carbonyl (C=O) groups is 1. The van der Waals surface area contributed by atoms with Gasteiger partial charge in [-0.1, -0.05) is 18.2 Å². The van der Waals surface area contributed by atoms with E-state index < -0.39 is 6.36 Å². The maximum absolute atomic E-state index is 12.5. The van der Waals surface area contributed by atoms with Gasteiger partial charge in [-0.25, -0.2) is 14.2 Å². The van der Waals surface area contributed by atoms with Crippen molar-refractivity contribution >= 4 is 51.9 Å². The van der Waals surface area contributed by atoms with Crippen LogP contribution in [-0.2, 0) is 7.05 Å². The Morgan fingerprint density at radius 2 is 1.70 bits per heavy atom. The highest BCUT2D eigenvalue weighted by Gasteiger charge is 2.31. The molecule has 2 aromatic heterocycles. The van der Waals surface area contributed by atoms with Gasteiger partial charge in [-0.05, 0) is 73.5 Å². The number of halogens is 3. The van der Waals surface area contributed by atoms with Crippen LogP contribution in [0.1, 0.15) is 16.8 Å². The predicted octanol–water partition coefficient (Wildman–Crippen LogP) is 7.11. The summed E-state index contributed by atoms with van der Waals surface area (Å²) < 4.78 is 50.0. The van der Waals surface area contributed by atoms with E-state index in [2.05, 4.69) is 29.3 Å². The van der Waals surface area contributed by atoms with Crippen LogP contribution < -0.4 is 14.8 Å². The minimum atomic E-state index is -4.75. The number of hydrogen-bond acceptors (Lipinski definition) is 6. The van der Waals surface area contributed by atoms with Crippen LogP contribution in [0.4, 0.5) is 23.7 Å². The van der Waals surface area contributed by atoms with Gasteiger partial charge in [-0.3, -0.25) is 9.40 Å². The summed E-state index contributed by atoms with van der Waals surface area (Å²) in [6.45, 7) is 3.85. The maximum Gasteiger partial charge on any atom is 0.573 e. The van der Waals surface area contributed by atoms with Crippen molar-refractivity contribution in [2.75, 3.05) is 5.32 Å². The molecule has 0 spiro atoms. The number of carbonyl (C=O) groups excluding carboxylic acids is 1. The molecule has 0 aliphatic carbocycles. The van der Waals surface area contributed by atoms with Gasteiger partial charge in [0, 0.05) is 29.1 Å². The summed E-state index contributed by atoms with van der Waals surface area (Å²) in [6, 6.07) is 18.5. The highest BCUT2D eigenvalue weighted by molar-refractivity contribution is 7.96. The molecule has 2 N–H and O–H groups in total. The summed E-state index contributed by atoms with van der Waals surface area (Å²) in [5.74, 6) is -0.290. The second-order valence-corrected chi connectivity index (χ2v) is 9.56. The average molecular weight is 565 g/mol. The zero-order valence-corrected chi connectivity index (χ0v) is 22.4. The third-order valence-corrected chi connectivity index (χ3v) is 6.64. The first-order chi connectivity index (χ1) is 19.1. The third kappa shape index (κ3) is 5.86. The van der Waals surface area contributed by atoms with Crippen molar-refractivity contribution in [1.82, 2.24) is 19.5 Å². The molecule has 3 aromatic carbocycles. The Morgan fingerprint density at radius 3 is 2.40 bits per heavy atom. The van der Waals surface area contributed by atoms with Crippen molar-refractivity contribution in [3.8, 4) is 17.0 Å². The number of alkyl halides is 3. The van der Waals surface area contributed by atoms with E-state index in [9.17, 15) is 18.0 Å². The summed E-state index contributed by atoms with van der Waals surface area (Å²) >= 11 is 0.882. The Balaban J connectivity index is 1.30. The van der Waals surface area contributed by atoms with Crippen molar-refractivity contribution in [1.29, 1.82) is 0 Å². The number of rotatable bonds is 6. The lowest BCUT2D eigenvalue weighted by Gasteiger charge is -2.10. The summed E-state index contributed by atoms with van der Waals surface area (Å²) in [4.78, 5) is 16.9. The van der Waals surface area contributed by atoms with Gasteiger partial charge in [0.15, 0.2) is 0 Å². The third-order valence-electron chi connectivity index (χ3n) is 6.15. The number of pyridine rings is 1. The van der Waals surface area contributed by atoms with Crippen molar-refractivity contribution in [2.45, 2.75) is 20.2 Å². The van der Waals surface area contributed by atoms with Gasteiger partial charge in [0.1, 0.15) is 11.3 Å². The number of benzene rings is 3. The number of amides is 2. The van der Waals surface area contributed by atoms with Gasteiger partial charge in [-0.15, -0.1) is 13.2 Å². The average Bonchev–Trinajstić information content (AvgIpc) is 3.24. The fourth-order valence-corrected chi connectivity index (χ4v) is 4.75. The molecule has 0 unspecified atom stereocenters. The molecule has 0 fully saturated rings. The lowest BCUT2D eigenvalue weighted by Crippen LogP contribution is -2.23. The standard InChI is InChI=1S/C28H23F3N6O2S/c1-16-5-4-6-17(2)24(16)34-27(38)36-40-32-15-19-9-12-21-23(33-19)14-13-22-25(21)35-37(3)26(22)18-7-10-20(11-8-18)39-28(29,30)31/h4-15H,1-3H3,(H2,34,36,38). The van der Waals surface area contributed by atoms with Crippen molar-refractivity contribution in [3.05, 3.63) is 83.6 Å². The summed E-state index contributed by atoms with van der Waals surface area (Å²) in [5, 5.41) is 9.11. The number of ether oxygens (including phenoxy) is 1. The van der Waals surface area contributed by atoms with E-state index in [0.717, 1.165) is 45.4 Å². The molecule has 0 radical (unpaired) electrons. The topological polar surface area (TPSA) is 93.4 Å². The van der Waals surface area contributed by atoms with Crippen molar-refractivity contribution < 1.29 is 22.7 Å². The Morgan fingerprint density at radius 1 is 1.00 bits per heavy atom. The molecular formula is C28H23F3N6O2S. The molecule has 2 heterocycles. The monoisotopic (exact) mass is 564 g/mol. The number of nitrogens with zero attached hydrogens (tertiary/aromatic N) is 4. The quantitative estimate of drug-likeness (QED) is 0.169. The van der Waals surface area contributed by atoms with Crippen LogP contribution in [0.5, 0.6) is 5.75 Å². The first-order valence-corrected chi connectivity index (χ1v) is 12.8. The first-order valence-electron chi connectivity index (χ1n) is 12.0. The number of aryl methyl sites for hydroxylation is 3. The number of hydrogen-bond donors (Lipinski definition) is 2. The molecular weight excluding hydrogens is 541 g/mol. The van der Waals surface area contributed by atoms with Gasteiger partial charge in [0.05, 0.1) is 35.3 Å². The highest BCUT2D eigenvalue weighted by atomic mass is 32.2. The number of aromatic nitrogens is 3. The van der Waals surface area contributed by atoms with Crippen LogP contribution in [0.2, 0.25) is 0 Å². The maximum atomic E-state index is 12.5. The van der Waals surface area contributed by atoms with Crippen molar-refractivity contribution in [2.24, 2.45) is 11.4 Å². The Bertz CT molecular complexity index is 1730. The van der Waals surface area contributed by atoms with Gasteiger partial charge < -0.3 is 10.1 Å². The van der Waals surface area contributed by atoms with E-state index in [0.29, 0.717) is 22.3 Å². The summed E-state index contributed by atoms with van der Waals surface area (Å²) in [6.07, 6.45) is -3.21. The second kappa shape index (κ2) is 10.9. The molecule has 0 aliphatic rings. The smallest absolute Gasteiger partial charge is 0.406 e. The Labute approximate surface area is 231 Å². The Hall–Kier alpha value is -4.58. The van der Waals surface area contributed by atoms with E-state index in [1.807, 2.05) is 50.2 Å². The number of urea groups is 1. The number of fused-ring (bicyclic) bond motifs is 3. The molecule has 0 saturated heterocycles. The van der Waals surface area contributed by atoms with Crippen molar-refractivity contribution in [3.63, 3.8) is 0 Å². The number of nitrogens with one attached hydrogen (secondary N) is 2. The molecule has 0 bridgehead atoms. The van der Waals surface area contributed by atoms with Gasteiger partial charge in [0.2, 0.25) is 0 Å². The van der Waals surface area contributed by atoms with Crippen LogP contribution in [-0.4, -0.2) is 33.4 Å². The van der Waals surface area contributed by atoms with E-state index in [-0.39, 0.29) is 11.8 Å². The Kier molecular flexibility index (Phi) is 7.35. The van der Waals surface area contributed by atoms with Crippen LogP contribution in [0.15, 0.2) is 71.1 Å². The minimum absolute atomic E-state index is 0.290. The molecule has 5 rings (SSSR count). The molecule has 0 atom stereocenters. The SMILES string of the molecule is Cc1cccc(C)c1NC(=O)NSN=Cc1ccc2c(ccc3c(-c4ccc(OC(F)(F)F)cc4)n(C)nc32)n1. The second-order valence-electron chi connectivity index (χ2n) is 8.96. The lowest BCUT2D eigenvalue weighted by molar-refractivity contribution is -0.274. The van der Waals surface area contributed by atoms with Crippen LogP contribution >= 0.6 is 12.1 Å². The number of anilines is 1. The fraction of sp³-hybridized carbons (Fsp3) is 0.143. The van der Waals surface area contributed by atoms with Gasteiger partial charge in [-0.2, -0.15) is 5.10 Å². The molecule has 8 nitrogen and oxygen atoms in total. The van der Waals surface area contributed by atoms with E-state index in [1.165, 1.54) is 12.1 Å². The molecule has 12 heteroatoms. The van der Waals surface area contributed by atoms with E-state index in [4.69, 9.17) is 0 Å². The molecule has 0 aliphatic heterocycles. The highest BCUT2D eigenvalue weighted by Crippen LogP contribution is 2.34. The fourth-order valence-electron chi connectivity index (χ4n) is 4.40. The van der Waals surface area contributed by atoms with Gasteiger partial charge >= 0.3 is 12.4 Å². The molecule has 5 aromatic rings. The van der Waals surface area contributed by atoms with Crippen LogP contribution in [0.25, 0.3) is 33.1 Å². The van der Waals surface area contributed by atoms with E-state index in [1.54, 1.807) is 36.1 Å². The largest absolute Gasteiger partial charge is 0.573 e. The molecule has 204 valence electrons. The van der Waals surface area contributed by atoms with Crippen LogP contribution in [0, 0.1) is 13.8 Å².